The molecule has 0 radical (unpaired) electrons. The van der Waals surface area contributed by atoms with Gasteiger partial charge in [-0.3, -0.25) is 4.98 Å². The smallest absolute Gasteiger partial charge is 0.347 e. The Kier molecular flexibility index (Phi) is 6.44. The normalized spacial score (nSPS) is 16.5. The first kappa shape index (κ1) is 26.5. The van der Waals surface area contributed by atoms with Crippen molar-refractivity contribution < 1.29 is 34.8 Å². The van der Waals surface area contributed by atoms with E-state index in [4.69, 9.17) is 0 Å². The second-order valence-electron chi connectivity index (χ2n) is 10.3. The molecule has 5 nitrogen and oxygen atoms in total. The summed E-state index contributed by atoms with van der Waals surface area (Å²) >= 11 is 0. The number of nitrogens with zero attached hydrogens (tertiary/aromatic N) is 2. The van der Waals surface area contributed by atoms with Gasteiger partial charge in [-0.05, 0) is 53.6 Å². The van der Waals surface area contributed by atoms with Gasteiger partial charge < -0.3 is 4.57 Å². The van der Waals surface area contributed by atoms with Crippen LogP contribution in [0.15, 0.2) is 42.9 Å². The first-order chi connectivity index (χ1) is 16.5. The summed E-state index contributed by atoms with van der Waals surface area (Å²) in [6.45, 7) is 5.70. The van der Waals surface area contributed by atoms with Gasteiger partial charge in [-0.15, -0.1) is 0 Å². The zero-order chi connectivity index (χ0) is 26.7. The molecule has 1 aromatic carbocycles. The maximum atomic E-state index is 14.2. The summed E-state index contributed by atoms with van der Waals surface area (Å²) < 4.78 is 113. The quantitative estimate of drug-likeness (QED) is 0.370. The topological polar surface area (TPSA) is 64.0 Å². The molecule has 0 bridgehead atoms. The Morgan fingerprint density at radius 2 is 1.67 bits per heavy atom. The number of sulfonamides is 1. The van der Waals surface area contributed by atoms with Crippen molar-refractivity contribution in [3.8, 4) is 11.1 Å². The van der Waals surface area contributed by atoms with Gasteiger partial charge in [0.1, 0.15) is 6.04 Å². The fraction of sp³-hybridized carbons (Fsp3) is 0.458. The standard InChI is InChI=1S/C24H25F6N3O2S/c1-22(2,3)13-33-12-18(21(24(28,29)30)32-36(34,35)15-4-5-15)17-10-19(23(25,26)27)16(11-20(17)33)14-6-8-31-9-7-14/h6-12,15,21,32H,4-5,13H2,1-3H3. The van der Waals surface area contributed by atoms with Crippen LogP contribution in [-0.2, 0) is 22.7 Å². The van der Waals surface area contributed by atoms with Crippen LogP contribution in [-0.4, -0.2) is 29.4 Å². The van der Waals surface area contributed by atoms with Gasteiger partial charge in [0, 0.05) is 41.6 Å². The predicted octanol–water partition coefficient (Wildman–Crippen LogP) is 6.45. The van der Waals surface area contributed by atoms with E-state index >= 15 is 0 Å². The molecule has 36 heavy (non-hydrogen) atoms. The van der Waals surface area contributed by atoms with E-state index < -0.39 is 50.2 Å². The van der Waals surface area contributed by atoms with E-state index in [9.17, 15) is 34.8 Å². The number of benzene rings is 1. The van der Waals surface area contributed by atoms with E-state index in [1.807, 2.05) is 20.8 Å². The number of hydrogen-bond donors (Lipinski definition) is 1. The van der Waals surface area contributed by atoms with Gasteiger partial charge in [-0.2, -0.15) is 31.1 Å². The zero-order valence-corrected chi connectivity index (χ0v) is 20.5. The minimum absolute atomic E-state index is 0.139. The summed E-state index contributed by atoms with van der Waals surface area (Å²) in [6, 6.07) is 1.97. The number of nitrogens with one attached hydrogen (secondary N) is 1. The first-order valence-corrected chi connectivity index (χ1v) is 12.7. The molecule has 0 saturated heterocycles. The van der Waals surface area contributed by atoms with Crippen LogP contribution in [0.25, 0.3) is 22.0 Å². The van der Waals surface area contributed by atoms with Gasteiger partial charge in [0.25, 0.3) is 0 Å². The maximum Gasteiger partial charge on any atom is 0.417 e. The molecule has 196 valence electrons. The first-order valence-electron chi connectivity index (χ1n) is 11.2. The number of alkyl halides is 6. The Morgan fingerprint density at radius 3 is 2.17 bits per heavy atom. The lowest BCUT2D eigenvalue weighted by Gasteiger charge is -2.22. The van der Waals surface area contributed by atoms with Crippen LogP contribution in [0.3, 0.4) is 0 Å². The van der Waals surface area contributed by atoms with Gasteiger partial charge in [-0.1, -0.05) is 20.8 Å². The predicted molar refractivity (Wildman–Crippen MR) is 123 cm³/mol. The molecule has 2 heterocycles. The summed E-state index contributed by atoms with van der Waals surface area (Å²) in [6.07, 6.45) is -5.72. The third kappa shape index (κ3) is 5.54. The fourth-order valence-electron chi connectivity index (χ4n) is 4.19. The molecule has 1 saturated carbocycles. The number of fused-ring (bicyclic) bond motifs is 1. The second-order valence-corrected chi connectivity index (χ2v) is 12.3. The summed E-state index contributed by atoms with van der Waals surface area (Å²) in [5.41, 5.74) is -2.01. The summed E-state index contributed by atoms with van der Waals surface area (Å²) in [5.74, 6) is 0. The molecule has 1 unspecified atom stereocenters. The molecule has 1 atom stereocenters. The minimum atomic E-state index is -5.08. The van der Waals surface area contributed by atoms with E-state index in [0.717, 1.165) is 6.20 Å². The van der Waals surface area contributed by atoms with E-state index in [0.29, 0.717) is 6.07 Å². The number of aromatic nitrogens is 2. The van der Waals surface area contributed by atoms with E-state index in [1.165, 1.54) is 35.2 Å². The van der Waals surface area contributed by atoms with E-state index in [2.05, 4.69) is 4.98 Å². The number of rotatable bonds is 6. The van der Waals surface area contributed by atoms with Crippen LogP contribution in [0.2, 0.25) is 0 Å². The van der Waals surface area contributed by atoms with Crippen molar-refractivity contribution in [3.05, 3.63) is 54.0 Å². The highest BCUT2D eigenvalue weighted by Crippen LogP contribution is 2.45. The van der Waals surface area contributed by atoms with Crippen molar-refractivity contribution in [2.75, 3.05) is 0 Å². The molecule has 3 aromatic rings. The molecule has 0 amide bonds. The van der Waals surface area contributed by atoms with Crippen LogP contribution in [0.4, 0.5) is 26.3 Å². The monoisotopic (exact) mass is 533 g/mol. The van der Waals surface area contributed by atoms with Crippen molar-refractivity contribution in [1.29, 1.82) is 0 Å². The number of pyridine rings is 1. The molecular weight excluding hydrogens is 508 g/mol. The van der Waals surface area contributed by atoms with Crippen molar-refractivity contribution in [1.82, 2.24) is 14.3 Å². The number of hydrogen-bond acceptors (Lipinski definition) is 3. The summed E-state index contributed by atoms with van der Waals surface area (Å²) in [4.78, 5) is 3.82. The molecular formula is C24H25F6N3O2S. The van der Waals surface area contributed by atoms with Gasteiger partial charge in [-0.25, -0.2) is 8.42 Å². The zero-order valence-electron chi connectivity index (χ0n) is 19.7. The average Bonchev–Trinajstić information content (AvgIpc) is 3.55. The van der Waals surface area contributed by atoms with Crippen molar-refractivity contribution in [2.24, 2.45) is 5.41 Å². The summed E-state index contributed by atoms with van der Waals surface area (Å²) in [5, 5.41) is -1.25. The van der Waals surface area contributed by atoms with Gasteiger partial charge in [0.05, 0.1) is 10.8 Å². The third-order valence-corrected chi connectivity index (χ3v) is 7.79. The lowest BCUT2D eigenvalue weighted by Crippen LogP contribution is -2.39. The van der Waals surface area contributed by atoms with Crippen LogP contribution < -0.4 is 4.72 Å². The Morgan fingerprint density at radius 1 is 1.06 bits per heavy atom. The maximum absolute atomic E-state index is 14.2. The fourth-order valence-corrected chi connectivity index (χ4v) is 5.72. The molecule has 12 heteroatoms. The Balaban J connectivity index is 2.02. The van der Waals surface area contributed by atoms with Crippen LogP contribution in [0.1, 0.15) is 50.8 Å². The van der Waals surface area contributed by atoms with Crippen LogP contribution in [0, 0.1) is 5.41 Å². The molecule has 1 aliphatic rings. The van der Waals surface area contributed by atoms with Crippen molar-refractivity contribution >= 4 is 20.9 Å². The highest BCUT2D eigenvalue weighted by molar-refractivity contribution is 7.90. The van der Waals surface area contributed by atoms with Gasteiger partial charge >= 0.3 is 12.4 Å². The van der Waals surface area contributed by atoms with Crippen molar-refractivity contribution in [2.45, 2.75) is 63.8 Å². The lowest BCUT2D eigenvalue weighted by atomic mass is 9.95. The molecule has 0 spiro atoms. The molecule has 1 N–H and O–H groups in total. The second kappa shape index (κ2) is 8.76. The molecule has 2 aromatic heterocycles. The van der Waals surface area contributed by atoms with E-state index in [-0.39, 0.29) is 41.4 Å². The van der Waals surface area contributed by atoms with Crippen molar-refractivity contribution in [3.63, 3.8) is 0 Å². The Hall–Kier alpha value is -2.60. The third-order valence-electron chi connectivity index (χ3n) is 5.88. The highest BCUT2D eigenvalue weighted by Gasteiger charge is 2.48. The number of halogens is 6. The minimum Gasteiger partial charge on any atom is -0.347 e. The highest BCUT2D eigenvalue weighted by atomic mass is 32.2. The largest absolute Gasteiger partial charge is 0.417 e. The Labute approximate surface area is 204 Å². The lowest BCUT2D eigenvalue weighted by molar-refractivity contribution is -0.152. The molecule has 1 aliphatic carbocycles. The summed E-state index contributed by atoms with van der Waals surface area (Å²) in [7, 11) is -4.31. The molecule has 0 aliphatic heterocycles. The van der Waals surface area contributed by atoms with Crippen LogP contribution in [0.5, 0.6) is 0 Å². The molecule has 1 fully saturated rings. The van der Waals surface area contributed by atoms with Gasteiger partial charge in [0.15, 0.2) is 0 Å². The van der Waals surface area contributed by atoms with Gasteiger partial charge in [0.2, 0.25) is 10.0 Å². The molecule has 4 rings (SSSR count). The van der Waals surface area contributed by atoms with E-state index in [1.54, 1.807) is 4.72 Å². The SMILES string of the molecule is CC(C)(C)Cn1cc(C(NS(=O)(=O)C2CC2)C(F)(F)F)c2cc(C(F)(F)F)c(-c3ccncc3)cc21. The van der Waals surface area contributed by atoms with Crippen LogP contribution >= 0.6 is 0 Å². The average molecular weight is 534 g/mol. The Bertz CT molecular complexity index is 1370.